The molecule has 0 aliphatic rings. The van der Waals surface area contributed by atoms with Crippen LogP contribution >= 0.6 is 11.8 Å². The van der Waals surface area contributed by atoms with E-state index in [0.29, 0.717) is 0 Å². The molecule has 14 heavy (non-hydrogen) atoms. The Morgan fingerprint density at radius 3 is 2.36 bits per heavy atom. The Morgan fingerprint density at radius 1 is 1.14 bits per heavy atom. The van der Waals surface area contributed by atoms with E-state index in [-0.39, 0.29) is 6.61 Å². The first-order valence-electron chi connectivity index (χ1n) is 5.11. The first-order chi connectivity index (χ1) is 6.70. The maximum atomic E-state index is 8.67. The normalized spacial score (nSPS) is 13.4. The molecule has 0 aromatic carbocycles. The van der Waals surface area contributed by atoms with Crippen LogP contribution in [0.5, 0.6) is 0 Å². The van der Waals surface area contributed by atoms with Crippen LogP contribution in [-0.2, 0) is 0 Å². The predicted octanol–water partition coefficient (Wildman–Crippen LogP) is 3.40. The number of allylic oxidation sites excluding steroid dienone is 3. The van der Waals surface area contributed by atoms with Crippen LogP contribution in [0.25, 0.3) is 0 Å². The number of aliphatic hydroxyl groups excluding tert-OH is 1. The molecule has 0 aromatic rings. The van der Waals surface area contributed by atoms with Gasteiger partial charge in [-0.3, -0.25) is 0 Å². The Bertz CT molecular complexity index is 194. The number of rotatable bonds is 7. The third-order valence-corrected chi connectivity index (χ3v) is 2.78. The molecule has 0 aliphatic heterocycles. The summed E-state index contributed by atoms with van der Waals surface area (Å²) in [5.74, 6) is 1.22. The number of hydrogen-bond acceptors (Lipinski definition) is 2. The highest BCUT2D eigenvalue weighted by Crippen LogP contribution is 2.10. The van der Waals surface area contributed by atoms with Crippen LogP contribution in [0.2, 0.25) is 0 Å². The lowest BCUT2D eigenvalue weighted by atomic mass is 10.1. The van der Waals surface area contributed by atoms with Crippen molar-refractivity contribution < 1.29 is 5.11 Å². The second-order valence-corrected chi connectivity index (χ2v) is 4.55. The van der Waals surface area contributed by atoms with Gasteiger partial charge in [0.1, 0.15) is 0 Å². The average molecular weight is 214 g/mol. The van der Waals surface area contributed by atoms with Crippen LogP contribution in [-0.4, -0.2) is 23.7 Å². The van der Waals surface area contributed by atoms with E-state index < -0.39 is 0 Å². The largest absolute Gasteiger partial charge is 0.392 e. The van der Waals surface area contributed by atoms with Crippen LogP contribution in [0.1, 0.15) is 33.1 Å². The number of aliphatic hydroxyl groups is 1. The summed E-state index contributed by atoms with van der Waals surface area (Å²) in [5, 5.41) is 8.67. The summed E-state index contributed by atoms with van der Waals surface area (Å²) < 4.78 is 0. The Balaban J connectivity index is 3.64. The molecule has 0 spiro atoms. The van der Waals surface area contributed by atoms with Crippen molar-refractivity contribution in [3.8, 4) is 0 Å². The Kier molecular flexibility index (Phi) is 9.21. The van der Waals surface area contributed by atoms with Gasteiger partial charge in [0.2, 0.25) is 0 Å². The highest BCUT2D eigenvalue weighted by Gasteiger charge is 1.91. The highest BCUT2D eigenvalue weighted by atomic mass is 32.2. The molecule has 0 unspecified atom stereocenters. The van der Waals surface area contributed by atoms with E-state index in [1.165, 1.54) is 23.3 Å². The Morgan fingerprint density at radius 2 is 1.79 bits per heavy atom. The smallest absolute Gasteiger partial charge is 0.0614 e. The monoisotopic (exact) mass is 214 g/mol. The lowest BCUT2D eigenvalue weighted by Crippen LogP contribution is -1.83. The van der Waals surface area contributed by atoms with Crippen molar-refractivity contribution in [2.24, 2.45) is 0 Å². The summed E-state index contributed by atoms with van der Waals surface area (Å²) in [4.78, 5) is 0. The van der Waals surface area contributed by atoms with Gasteiger partial charge in [-0.2, -0.15) is 11.8 Å². The number of thioether (sulfide) groups is 1. The van der Waals surface area contributed by atoms with Gasteiger partial charge in [-0.15, -0.1) is 0 Å². The fourth-order valence-electron chi connectivity index (χ4n) is 1.17. The molecule has 0 fully saturated rings. The van der Waals surface area contributed by atoms with Crippen LogP contribution in [0.15, 0.2) is 23.3 Å². The third kappa shape index (κ3) is 8.39. The summed E-state index contributed by atoms with van der Waals surface area (Å²) in [6.07, 6.45) is 9.70. The van der Waals surface area contributed by atoms with Crippen LogP contribution in [0.3, 0.4) is 0 Å². The minimum atomic E-state index is 0.168. The van der Waals surface area contributed by atoms with Crippen molar-refractivity contribution in [3.63, 3.8) is 0 Å². The first kappa shape index (κ1) is 13.8. The molecular formula is C12H22OS. The standard InChI is InChI=1S/C12H22OS/c1-11(7-9-13)5-4-6-12(2)8-10-14-3/h6-7,13H,4-5,8-10H2,1-3H3/b11-7+,12-6?. The van der Waals surface area contributed by atoms with E-state index >= 15 is 0 Å². The van der Waals surface area contributed by atoms with E-state index in [4.69, 9.17) is 5.11 Å². The third-order valence-electron chi connectivity index (χ3n) is 2.17. The molecule has 0 rings (SSSR count). The van der Waals surface area contributed by atoms with Crippen molar-refractivity contribution in [1.29, 1.82) is 0 Å². The molecule has 2 heteroatoms. The first-order valence-corrected chi connectivity index (χ1v) is 6.51. The SMILES string of the molecule is CSCCC(C)=CCC/C(C)=C/CO. The summed E-state index contributed by atoms with van der Waals surface area (Å²) >= 11 is 1.89. The van der Waals surface area contributed by atoms with Gasteiger partial charge in [0, 0.05) is 0 Å². The van der Waals surface area contributed by atoms with Crippen LogP contribution in [0, 0.1) is 0 Å². The van der Waals surface area contributed by atoms with Crippen molar-refractivity contribution in [1.82, 2.24) is 0 Å². The van der Waals surface area contributed by atoms with E-state index in [1.54, 1.807) is 0 Å². The van der Waals surface area contributed by atoms with Gasteiger partial charge < -0.3 is 5.11 Å². The molecule has 1 nitrogen and oxygen atoms in total. The minimum absolute atomic E-state index is 0.168. The maximum absolute atomic E-state index is 8.67. The predicted molar refractivity (Wildman–Crippen MR) is 66.8 cm³/mol. The topological polar surface area (TPSA) is 20.2 Å². The molecule has 0 aliphatic carbocycles. The van der Waals surface area contributed by atoms with Gasteiger partial charge in [-0.05, 0) is 45.1 Å². The molecule has 0 heterocycles. The molecular weight excluding hydrogens is 192 g/mol. The Hall–Kier alpha value is -0.210. The molecule has 82 valence electrons. The van der Waals surface area contributed by atoms with Crippen molar-refractivity contribution >= 4 is 11.8 Å². The molecule has 0 amide bonds. The number of hydrogen-bond donors (Lipinski definition) is 1. The fraction of sp³-hybridized carbons (Fsp3) is 0.667. The average Bonchev–Trinajstić information content (AvgIpc) is 2.15. The lowest BCUT2D eigenvalue weighted by Gasteiger charge is -2.00. The summed E-state index contributed by atoms with van der Waals surface area (Å²) in [7, 11) is 0. The van der Waals surface area contributed by atoms with E-state index in [2.05, 4.69) is 26.2 Å². The van der Waals surface area contributed by atoms with Gasteiger partial charge in [-0.25, -0.2) is 0 Å². The van der Waals surface area contributed by atoms with Crippen molar-refractivity contribution in [2.75, 3.05) is 18.6 Å². The van der Waals surface area contributed by atoms with Gasteiger partial charge in [0.05, 0.1) is 6.61 Å². The van der Waals surface area contributed by atoms with Gasteiger partial charge >= 0.3 is 0 Å². The minimum Gasteiger partial charge on any atom is -0.392 e. The van der Waals surface area contributed by atoms with Crippen molar-refractivity contribution in [2.45, 2.75) is 33.1 Å². The lowest BCUT2D eigenvalue weighted by molar-refractivity contribution is 0.341. The van der Waals surface area contributed by atoms with Crippen LogP contribution < -0.4 is 0 Å². The van der Waals surface area contributed by atoms with Gasteiger partial charge in [-0.1, -0.05) is 23.3 Å². The molecule has 1 N–H and O–H groups in total. The molecule has 0 radical (unpaired) electrons. The molecule has 0 saturated heterocycles. The van der Waals surface area contributed by atoms with Gasteiger partial charge in [0.15, 0.2) is 0 Å². The van der Waals surface area contributed by atoms with E-state index in [9.17, 15) is 0 Å². The Labute approximate surface area is 92.3 Å². The highest BCUT2D eigenvalue weighted by molar-refractivity contribution is 7.98. The summed E-state index contributed by atoms with van der Waals surface area (Å²) in [6.45, 7) is 4.43. The van der Waals surface area contributed by atoms with Gasteiger partial charge in [0.25, 0.3) is 0 Å². The van der Waals surface area contributed by atoms with E-state index in [1.807, 2.05) is 17.8 Å². The maximum Gasteiger partial charge on any atom is 0.0614 e. The second-order valence-electron chi connectivity index (χ2n) is 3.57. The zero-order valence-corrected chi connectivity index (χ0v) is 10.4. The fourth-order valence-corrected chi connectivity index (χ4v) is 1.70. The van der Waals surface area contributed by atoms with E-state index in [0.717, 1.165) is 12.8 Å². The molecule has 0 aromatic heterocycles. The molecule has 0 bridgehead atoms. The zero-order valence-electron chi connectivity index (χ0n) is 9.55. The zero-order chi connectivity index (χ0) is 10.8. The quantitative estimate of drug-likeness (QED) is 0.655. The summed E-state index contributed by atoms with van der Waals surface area (Å²) in [6, 6.07) is 0. The molecule has 0 saturated carbocycles. The second kappa shape index (κ2) is 9.35. The summed E-state index contributed by atoms with van der Waals surface area (Å²) in [5.41, 5.74) is 2.76. The van der Waals surface area contributed by atoms with Crippen LogP contribution in [0.4, 0.5) is 0 Å². The molecule has 0 atom stereocenters. The van der Waals surface area contributed by atoms with Crippen molar-refractivity contribution in [3.05, 3.63) is 23.3 Å².